The molecule has 0 radical (unpaired) electrons. The summed E-state index contributed by atoms with van der Waals surface area (Å²) in [6, 6.07) is 6.54. The Morgan fingerprint density at radius 2 is 1.89 bits per heavy atom. The maximum Gasteiger partial charge on any atom is 0.122 e. The highest BCUT2D eigenvalue weighted by Crippen LogP contribution is 2.33. The third-order valence-electron chi connectivity index (χ3n) is 3.23. The van der Waals surface area contributed by atoms with Crippen molar-refractivity contribution in [2.75, 3.05) is 14.2 Å². The van der Waals surface area contributed by atoms with E-state index in [0.717, 1.165) is 5.75 Å². The van der Waals surface area contributed by atoms with Gasteiger partial charge in [-0.2, -0.15) is 0 Å². The van der Waals surface area contributed by atoms with Gasteiger partial charge in [-0.25, -0.2) is 0 Å². The van der Waals surface area contributed by atoms with Crippen LogP contribution in [0.1, 0.15) is 44.9 Å². The van der Waals surface area contributed by atoms with Crippen LogP contribution in [-0.4, -0.2) is 20.2 Å². The number of likely N-dealkylation sites (N-methyl/N-ethyl adjacent to an activating group) is 1. The second kappa shape index (κ2) is 5.72. The summed E-state index contributed by atoms with van der Waals surface area (Å²) < 4.78 is 5.45. The number of nitrogens with one attached hydrogen (secondary N) is 1. The lowest BCUT2D eigenvalue weighted by atomic mass is 9.84. The molecule has 18 heavy (non-hydrogen) atoms. The predicted octanol–water partition coefficient (Wildman–Crippen LogP) is 2.60. The lowest BCUT2D eigenvalue weighted by molar-refractivity contribution is 0.396. The van der Waals surface area contributed by atoms with Gasteiger partial charge in [0, 0.05) is 12.1 Å². The van der Waals surface area contributed by atoms with Gasteiger partial charge in [0.25, 0.3) is 0 Å². The molecule has 0 aliphatic carbocycles. The molecule has 2 atom stereocenters. The Kier molecular flexibility index (Phi) is 4.77. The smallest absolute Gasteiger partial charge is 0.122 e. The van der Waals surface area contributed by atoms with Crippen LogP contribution in [0.3, 0.4) is 0 Å². The molecular formula is C15H26N2O. The Morgan fingerprint density at radius 1 is 1.28 bits per heavy atom. The highest BCUT2D eigenvalue weighted by molar-refractivity contribution is 5.42. The van der Waals surface area contributed by atoms with Crippen LogP contribution in [0, 0.1) is 0 Å². The molecule has 0 saturated heterocycles. The second-order valence-corrected chi connectivity index (χ2v) is 5.84. The number of hydrogen-bond donors (Lipinski definition) is 2. The number of methoxy groups -OCH3 is 1. The van der Waals surface area contributed by atoms with Gasteiger partial charge in [0.05, 0.1) is 7.11 Å². The molecule has 1 rings (SSSR count). The van der Waals surface area contributed by atoms with E-state index in [4.69, 9.17) is 10.5 Å². The summed E-state index contributed by atoms with van der Waals surface area (Å²) in [5.74, 6) is 0.936. The molecule has 1 aromatic carbocycles. The molecule has 0 aliphatic rings. The molecule has 3 heteroatoms. The third-order valence-corrected chi connectivity index (χ3v) is 3.23. The van der Waals surface area contributed by atoms with Gasteiger partial charge in [-0.15, -0.1) is 0 Å². The van der Waals surface area contributed by atoms with Crippen LogP contribution in [0.15, 0.2) is 18.2 Å². The lowest BCUT2D eigenvalue weighted by Crippen LogP contribution is -2.33. The molecule has 0 aromatic heterocycles. The first-order valence-corrected chi connectivity index (χ1v) is 6.42. The standard InChI is InChI=1S/C15H26N2O/c1-10(16)14(17-5)11-7-8-13(18-6)12(9-11)15(2,3)4/h7-10,14,17H,16H2,1-6H3. The van der Waals surface area contributed by atoms with Gasteiger partial charge in [-0.05, 0) is 42.6 Å². The zero-order valence-electron chi connectivity index (χ0n) is 12.4. The van der Waals surface area contributed by atoms with Crippen LogP contribution in [-0.2, 0) is 5.41 Å². The fraction of sp³-hybridized carbons (Fsp3) is 0.600. The highest BCUT2D eigenvalue weighted by atomic mass is 16.5. The maximum absolute atomic E-state index is 6.02. The minimum Gasteiger partial charge on any atom is -0.496 e. The van der Waals surface area contributed by atoms with Crippen molar-refractivity contribution in [3.8, 4) is 5.75 Å². The Balaban J connectivity index is 3.26. The van der Waals surface area contributed by atoms with E-state index in [2.05, 4.69) is 38.2 Å². The van der Waals surface area contributed by atoms with Crippen LogP contribution in [0.25, 0.3) is 0 Å². The van der Waals surface area contributed by atoms with Gasteiger partial charge < -0.3 is 15.8 Å². The highest BCUT2D eigenvalue weighted by Gasteiger charge is 2.22. The van der Waals surface area contributed by atoms with Crippen molar-refractivity contribution in [3.05, 3.63) is 29.3 Å². The Bertz CT molecular complexity index is 394. The third kappa shape index (κ3) is 3.24. The van der Waals surface area contributed by atoms with E-state index in [1.807, 2.05) is 20.0 Å². The summed E-state index contributed by atoms with van der Waals surface area (Å²) in [6.45, 7) is 8.58. The molecule has 1 aromatic rings. The van der Waals surface area contributed by atoms with Crippen molar-refractivity contribution < 1.29 is 4.74 Å². The maximum atomic E-state index is 6.02. The first-order chi connectivity index (χ1) is 8.31. The van der Waals surface area contributed by atoms with Gasteiger partial charge in [-0.1, -0.05) is 26.8 Å². The molecule has 0 heterocycles. The minimum atomic E-state index is 0.0531. The average molecular weight is 250 g/mol. The first kappa shape index (κ1) is 15.0. The molecule has 3 nitrogen and oxygen atoms in total. The van der Waals surface area contributed by atoms with E-state index in [9.17, 15) is 0 Å². The number of benzene rings is 1. The number of nitrogens with two attached hydrogens (primary N) is 1. The Morgan fingerprint density at radius 3 is 2.28 bits per heavy atom. The predicted molar refractivity (Wildman–Crippen MR) is 77.1 cm³/mol. The quantitative estimate of drug-likeness (QED) is 0.863. The second-order valence-electron chi connectivity index (χ2n) is 5.84. The van der Waals surface area contributed by atoms with Crippen molar-refractivity contribution in [2.24, 2.45) is 5.73 Å². The molecule has 0 amide bonds. The van der Waals surface area contributed by atoms with Gasteiger partial charge in [0.1, 0.15) is 5.75 Å². The molecule has 2 unspecified atom stereocenters. The molecular weight excluding hydrogens is 224 g/mol. The van der Waals surface area contributed by atoms with E-state index in [0.29, 0.717) is 0 Å². The number of hydrogen-bond acceptors (Lipinski definition) is 3. The van der Waals surface area contributed by atoms with Crippen molar-refractivity contribution in [2.45, 2.75) is 45.2 Å². The summed E-state index contributed by atoms with van der Waals surface area (Å²) in [7, 11) is 3.65. The largest absolute Gasteiger partial charge is 0.496 e. The summed E-state index contributed by atoms with van der Waals surface area (Å²) in [5.41, 5.74) is 8.49. The SMILES string of the molecule is CNC(c1ccc(OC)c(C(C)(C)C)c1)C(C)N. The van der Waals surface area contributed by atoms with Crippen LogP contribution in [0.5, 0.6) is 5.75 Å². The van der Waals surface area contributed by atoms with Crippen LogP contribution < -0.4 is 15.8 Å². The summed E-state index contributed by atoms with van der Waals surface area (Å²) in [4.78, 5) is 0. The summed E-state index contributed by atoms with van der Waals surface area (Å²) >= 11 is 0. The van der Waals surface area contributed by atoms with Crippen LogP contribution in [0.2, 0.25) is 0 Å². The molecule has 0 fully saturated rings. The lowest BCUT2D eigenvalue weighted by Gasteiger charge is -2.26. The van der Waals surface area contributed by atoms with Crippen molar-refractivity contribution in [1.82, 2.24) is 5.32 Å². The van der Waals surface area contributed by atoms with E-state index in [-0.39, 0.29) is 17.5 Å². The first-order valence-electron chi connectivity index (χ1n) is 6.42. The van der Waals surface area contributed by atoms with E-state index in [1.54, 1.807) is 7.11 Å². The molecule has 0 bridgehead atoms. The molecule has 102 valence electrons. The monoisotopic (exact) mass is 250 g/mol. The molecule has 0 spiro atoms. The van der Waals surface area contributed by atoms with E-state index < -0.39 is 0 Å². The molecule has 3 N–H and O–H groups in total. The summed E-state index contributed by atoms with van der Waals surface area (Å²) in [5, 5.41) is 3.27. The van der Waals surface area contributed by atoms with Gasteiger partial charge in [0.2, 0.25) is 0 Å². The van der Waals surface area contributed by atoms with E-state index in [1.165, 1.54) is 11.1 Å². The number of ether oxygens (including phenoxy) is 1. The van der Waals surface area contributed by atoms with Gasteiger partial charge in [0.15, 0.2) is 0 Å². The minimum absolute atomic E-state index is 0.0531. The van der Waals surface area contributed by atoms with Crippen LogP contribution in [0.4, 0.5) is 0 Å². The number of rotatable bonds is 4. The Labute approximate surface area is 111 Å². The molecule has 0 aliphatic heterocycles. The molecule has 0 saturated carbocycles. The fourth-order valence-corrected chi connectivity index (χ4v) is 2.24. The van der Waals surface area contributed by atoms with Crippen molar-refractivity contribution >= 4 is 0 Å². The normalized spacial score (nSPS) is 15.3. The zero-order valence-corrected chi connectivity index (χ0v) is 12.4. The van der Waals surface area contributed by atoms with Crippen molar-refractivity contribution in [3.63, 3.8) is 0 Å². The topological polar surface area (TPSA) is 47.3 Å². The zero-order chi connectivity index (χ0) is 13.9. The summed E-state index contributed by atoms with van der Waals surface area (Å²) in [6.07, 6.45) is 0. The van der Waals surface area contributed by atoms with E-state index >= 15 is 0 Å². The Hall–Kier alpha value is -1.06. The average Bonchev–Trinajstić information content (AvgIpc) is 2.28. The van der Waals surface area contributed by atoms with Crippen molar-refractivity contribution in [1.29, 1.82) is 0 Å². The fourth-order valence-electron chi connectivity index (χ4n) is 2.24. The van der Waals surface area contributed by atoms with Crippen LogP contribution >= 0.6 is 0 Å². The van der Waals surface area contributed by atoms with Gasteiger partial charge in [-0.3, -0.25) is 0 Å². The van der Waals surface area contributed by atoms with Gasteiger partial charge >= 0.3 is 0 Å².